The number of hydrogen-bond donors (Lipinski definition) is 3. The molecule has 0 amide bonds. The van der Waals surface area contributed by atoms with Crippen molar-refractivity contribution in [1.82, 2.24) is 0 Å². The van der Waals surface area contributed by atoms with E-state index in [9.17, 15) is 24.8 Å². The third-order valence-corrected chi connectivity index (χ3v) is 3.48. The topological polar surface area (TPSA) is 156 Å². The van der Waals surface area contributed by atoms with Crippen LogP contribution in [0.1, 0.15) is 12.8 Å². The molecule has 1 aromatic carbocycles. The van der Waals surface area contributed by atoms with E-state index in [0.29, 0.717) is 6.42 Å². The Kier molecular flexibility index (Phi) is 5.77. The van der Waals surface area contributed by atoms with Crippen LogP contribution < -0.4 is 5.32 Å². The van der Waals surface area contributed by atoms with E-state index >= 15 is 0 Å². The average Bonchev–Trinajstić information content (AvgIpc) is 2.36. The molecule has 0 aromatic heterocycles. The van der Waals surface area contributed by atoms with Gasteiger partial charge in [0.25, 0.3) is 11.4 Å². The van der Waals surface area contributed by atoms with E-state index in [-0.39, 0.29) is 30.5 Å². The summed E-state index contributed by atoms with van der Waals surface area (Å²) in [5.41, 5.74) is -0.672. The molecular formula is C10H14N3O7P. The lowest BCUT2D eigenvalue weighted by Gasteiger charge is -2.07. The van der Waals surface area contributed by atoms with Gasteiger partial charge in [-0.15, -0.1) is 0 Å². The zero-order valence-electron chi connectivity index (χ0n) is 10.8. The van der Waals surface area contributed by atoms with Gasteiger partial charge in [0.2, 0.25) is 0 Å². The highest BCUT2D eigenvalue weighted by atomic mass is 31.2. The third kappa shape index (κ3) is 5.86. The molecule has 10 nitrogen and oxygen atoms in total. The lowest BCUT2D eigenvalue weighted by molar-refractivity contribution is -0.393. The van der Waals surface area contributed by atoms with Gasteiger partial charge < -0.3 is 15.1 Å². The van der Waals surface area contributed by atoms with Crippen molar-refractivity contribution >= 4 is 24.7 Å². The van der Waals surface area contributed by atoms with Gasteiger partial charge in [-0.3, -0.25) is 24.8 Å². The molecule has 0 bridgehead atoms. The van der Waals surface area contributed by atoms with Gasteiger partial charge in [-0.2, -0.15) is 0 Å². The second-order valence-electron chi connectivity index (χ2n) is 4.24. The number of nitro benzene ring substituents is 2. The fraction of sp³-hybridized carbons (Fsp3) is 0.400. The molecule has 0 heterocycles. The van der Waals surface area contributed by atoms with Gasteiger partial charge in [0.1, 0.15) is 5.69 Å². The summed E-state index contributed by atoms with van der Waals surface area (Å²) in [6, 6.07) is 3.24. The van der Waals surface area contributed by atoms with Crippen LogP contribution in [0.15, 0.2) is 18.2 Å². The second-order valence-corrected chi connectivity index (χ2v) is 6.01. The van der Waals surface area contributed by atoms with Gasteiger partial charge in [0, 0.05) is 18.8 Å². The maximum Gasteiger partial charge on any atom is 0.325 e. The quantitative estimate of drug-likeness (QED) is 0.284. The standard InChI is InChI=1S/C10H14N3O7P/c14-12(15)8-3-4-9(10(7-8)13(16)17)11-5-1-2-6-21(18,19)20/h3-4,7,11H,1-2,5-6H2,(H2,18,19,20). The minimum Gasteiger partial charge on any atom is -0.379 e. The maximum absolute atomic E-state index is 10.9. The van der Waals surface area contributed by atoms with Crippen LogP contribution in [0.3, 0.4) is 0 Å². The lowest BCUT2D eigenvalue weighted by Crippen LogP contribution is -2.05. The molecule has 0 fully saturated rings. The Morgan fingerprint density at radius 2 is 1.81 bits per heavy atom. The number of unbranched alkanes of at least 4 members (excludes halogenated alkanes) is 1. The van der Waals surface area contributed by atoms with Crippen molar-refractivity contribution in [3.63, 3.8) is 0 Å². The molecule has 0 aliphatic carbocycles. The minimum atomic E-state index is -4.03. The Balaban J connectivity index is 2.64. The first-order chi connectivity index (χ1) is 9.70. The van der Waals surface area contributed by atoms with Gasteiger partial charge in [-0.1, -0.05) is 0 Å². The summed E-state index contributed by atoms with van der Waals surface area (Å²) in [5.74, 6) is 0. The van der Waals surface area contributed by atoms with Gasteiger partial charge >= 0.3 is 7.60 Å². The summed E-state index contributed by atoms with van der Waals surface area (Å²) in [7, 11) is -4.03. The Bertz CT molecular complexity index is 586. The highest BCUT2D eigenvalue weighted by Gasteiger charge is 2.19. The third-order valence-electron chi connectivity index (χ3n) is 2.58. The fourth-order valence-electron chi connectivity index (χ4n) is 1.60. The zero-order chi connectivity index (χ0) is 16.0. The number of hydrogen-bond acceptors (Lipinski definition) is 6. The first-order valence-electron chi connectivity index (χ1n) is 5.92. The average molecular weight is 319 g/mol. The van der Waals surface area contributed by atoms with Gasteiger partial charge in [0.15, 0.2) is 0 Å². The number of nitrogens with one attached hydrogen (secondary N) is 1. The van der Waals surface area contributed by atoms with Crippen LogP contribution in [0.2, 0.25) is 0 Å². The normalized spacial score (nSPS) is 11.1. The number of rotatable bonds is 8. The Morgan fingerprint density at radius 3 is 2.33 bits per heavy atom. The fourth-order valence-corrected chi connectivity index (χ4v) is 2.24. The van der Waals surface area contributed by atoms with Crippen molar-refractivity contribution in [2.24, 2.45) is 0 Å². The van der Waals surface area contributed by atoms with Gasteiger partial charge in [-0.25, -0.2) is 0 Å². The Morgan fingerprint density at radius 1 is 1.14 bits per heavy atom. The molecule has 0 saturated carbocycles. The Hall–Kier alpha value is -2.03. The molecule has 0 spiro atoms. The lowest BCUT2D eigenvalue weighted by atomic mass is 10.2. The van der Waals surface area contributed by atoms with Crippen LogP contribution in [0.5, 0.6) is 0 Å². The molecule has 0 saturated heterocycles. The van der Waals surface area contributed by atoms with Crippen molar-refractivity contribution in [2.45, 2.75) is 12.8 Å². The Labute approximate surface area is 119 Å². The van der Waals surface area contributed by atoms with Crippen LogP contribution in [0, 0.1) is 20.2 Å². The molecule has 0 aliphatic heterocycles. The molecule has 0 atom stereocenters. The molecule has 116 valence electrons. The molecule has 1 aromatic rings. The summed E-state index contributed by atoms with van der Waals surface area (Å²) in [5, 5.41) is 24.2. The van der Waals surface area contributed by atoms with Gasteiger partial charge in [-0.05, 0) is 18.9 Å². The zero-order valence-corrected chi connectivity index (χ0v) is 11.7. The number of benzene rings is 1. The smallest absolute Gasteiger partial charge is 0.325 e. The molecular weight excluding hydrogens is 305 g/mol. The van der Waals surface area contributed by atoms with E-state index in [1.165, 1.54) is 6.07 Å². The molecule has 1 rings (SSSR count). The maximum atomic E-state index is 10.9. The molecule has 0 radical (unpaired) electrons. The number of non-ortho nitro benzene ring substituents is 1. The van der Waals surface area contributed by atoms with E-state index in [2.05, 4.69) is 5.32 Å². The SMILES string of the molecule is O=[N+]([O-])c1ccc(NCCCCP(=O)(O)O)c([N+](=O)[O-])c1. The van der Waals surface area contributed by atoms with Crippen molar-refractivity contribution in [3.05, 3.63) is 38.4 Å². The van der Waals surface area contributed by atoms with E-state index in [1.54, 1.807) is 0 Å². The van der Waals surface area contributed by atoms with Crippen LogP contribution >= 0.6 is 7.60 Å². The van der Waals surface area contributed by atoms with Crippen LogP contribution in [0.25, 0.3) is 0 Å². The first kappa shape index (κ1) is 17.0. The summed E-state index contributed by atoms with van der Waals surface area (Å²) in [4.78, 5) is 37.3. The van der Waals surface area contributed by atoms with E-state index in [4.69, 9.17) is 9.79 Å². The highest BCUT2D eigenvalue weighted by molar-refractivity contribution is 7.51. The summed E-state index contributed by atoms with van der Waals surface area (Å²) in [6.07, 6.45) is 0.411. The predicted molar refractivity (Wildman–Crippen MR) is 74.4 cm³/mol. The highest BCUT2D eigenvalue weighted by Crippen LogP contribution is 2.35. The summed E-state index contributed by atoms with van der Waals surface area (Å²) < 4.78 is 10.6. The molecule has 3 N–H and O–H groups in total. The van der Waals surface area contributed by atoms with Crippen LogP contribution in [-0.4, -0.2) is 32.3 Å². The first-order valence-corrected chi connectivity index (χ1v) is 7.72. The molecule has 0 aliphatic rings. The van der Waals surface area contributed by atoms with Crippen molar-refractivity contribution in [3.8, 4) is 0 Å². The summed E-state index contributed by atoms with van der Waals surface area (Å²) in [6.45, 7) is 0.263. The number of nitrogens with zero attached hydrogens (tertiary/aromatic N) is 2. The number of nitro groups is 2. The van der Waals surface area contributed by atoms with Crippen LogP contribution in [0.4, 0.5) is 17.1 Å². The van der Waals surface area contributed by atoms with E-state index in [1.807, 2.05) is 0 Å². The monoisotopic (exact) mass is 319 g/mol. The summed E-state index contributed by atoms with van der Waals surface area (Å²) >= 11 is 0. The second kappa shape index (κ2) is 7.11. The predicted octanol–water partition coefficient (Wildman–Crippen LogP) is 1.87. The van der Waals surface area contributed by atoms with Crippen molar-refractivity contribution < 1.29 is 24.2 Å². The molecule has 21 heavy (non-hydrogen) atoms. The minimum absolute atomic E-state index is 0.127. The van der Waals surface area contributed by atoms with Crippen molar-refractivity contribution in [1.29, 1.82) is 0 Å². The van der Waals surface area contributed by atoms with E-state index in [0.717, 1.165) is 12.1 Å². The number of anilines is 1. The van der Waals surface area contributed by atoms with Crippen LogP contribution in [-0.2, 0) is 4.57 Å². The molecule has 0 unspecified atom stereocenters. The van der Waals surface area contributed by atoms with Gasteiger partial charge in [0.05, 0.1) is 15.9 Å². The molecule has 11 heteroatoms. The van der Waals surface area contributed by atoms with Crippen molar-refractivity contribution in [2.75, 3.05) is 18.0 Å². The largest absolute Gasteiger partial charge is 0.379 e. The van der Waals surface area contributed by atoms with E-state index < -0.39 is 23.1 Å².